The fourth-order valence-electron chi connectivity index (χ4n) is 3.34. The average molecular weight is 263 g/mol. The van der Waals surface area contributed by atoms with Crippen LogP contribution in [0.1, 0.15) is 62.3 Å². The lowest BCUT2D eigenvalue weighted by Gasteiger charge is -2.41. The van der Waals surface area contributed by atoms with Gasteiger partial charge in [-0.3, -0.25) is 4.90 Å². The van der Waals surface area contributed by atoms with Gasteiger partial charge < -0.3 is 9.26 Å². The maximum atomic E-state index is 5.95. The van der Waals surface area contributed by atoms with Crippen molar-refractivity contribution in [2.24, 2.45) is 0 Å². The molecule has 0 spiro atoms. The van der Waals surface area contributed by atoms with Crippen LogP contribution in [0.25, 0.3) is 0 Å². The lowest BCUT2D eigenvalue weighted by molar-refractivity contribution is -0.0805. The number of piperidine rings is 1. The van der Waals surface area contributed by atoms with Crippen LogP contribution >= 0.6 is 0 Å². The van der Waals surface area contributed by atoms with Gasteiger partial charge in [-0.2, -0.15) is 4.98 Å². The van der Waals surface area contributed by atoms with Crippen LogP contribution < -0.4 is 0 Å². The van der Waals surface area contributed by atoms with Crippen molar-refractivity contribution in [2.45, 2.75) is 56.6 Å². The molecule has 2 saturated heterocycles. The van der Waals surface area contributed by atoms with E-state index in [4.69, 9.17) is 9.26 Å². The fraction of sp³-hybridized carbons (Fsp3) is 0.857. The van der Waals surface area contributed by atoms with Crippen LogP contribution in [0.5, 0.6) is 0 Å². The standard InChI is InChI=1S/C14H21N3O2/c1-2-7-17-8-12(18-9-11(17)6-1)13-15-14(19-16-13)10-4-3-5-10/h10-12H,1-9H2/t11?,12-/m1/s1. The lowest BCUT2D eigenvalue weighted by Crippen LogP contribution is -2.49. The second-order valence-electron chi connectivity index (χ2n) is 6.09. The van der Waals surface area contributed by atoms with Crippen molar-refractivity contribution in [3.05, 3.63) is 11.7 Å². The van der Waals surface area contributed by atoms with E-state index in [1.807, 2.05) is 0 Å². The summed E-state index contributed by atoms with van der Waals surface area (Å²) in [7, 11) is 0. The molecule has 1 aromatic rings. The highest BCUT2D eigenvalue weighted by molar-refractivity contribution is 5.01. The summed E-state index contributed by atoms with van der Waals surface area (Å²) in [4.78, 5) is 7.10. The molecule has 1 aliphatic carbocycles. The van der Waals surface area contributed by atoms with Crippen LogP contribution in [-0.4, -0.2) is 40.8 Å². The first-order valence-electron chi connectivity index (χ1n) is 7.59. The molecule has 0 N–H and O–H groups in total. The summed E-state index contributed by atoms with van der Waals surface area (Å²) in [5, 5.41) is 4.14. The summed E-state index contributed by atoms with van der Waals surface area (Å²) in [5.74, 6) is 2.09. The second kappa shape index (κ2) is 4.87. The van der Waals surface area contributed by atoms with Crippen molar-refractivity contribution < 1.29 is 9.26 Å². The number of ether oxygens (including phenoxy) is 1. The van der Waals surface area contributed by atoms with Crippen LogP contribution in [0, 0.1) is 0 Å². The van der Waals surface area contributed by atoms with Gasteiger partial charge in [-0.15, -0.1) is 0 Å². The molecule has 4 rings (SSSR count). The quantitative estimate of drug-likeness (QED) is 0.819. The Hall–Kier alpha value is -0.940. The van der Waals surface area contributed by atoms with E-state index in [0.29, 0.717) is 12.0 Å². The highest BCUT2D eigenvalue weighted by atomic mass is 16.5. The normalized spacial score (nSPS) is 32.8. The zero-order valence-corrected chi connectivity index (χ0v) is 11.3. The molecule has 2 aliphatic heterocycles. The molecule has 1 unspecified atom stereocenters. The number of nitrogens with zero attached hydrogens (tertiary/aromatic N) is 3. The lowest BCUT2D eigenvalue weighted by atomic mass is 9.85. The molecular weight excluding hydrogens is 242 g/mol. The Morgan fingerprint density at radius 1 is 1.11 bits per heavy atom. The van der Waals surface area contributed by atoms with Crippen molar-refractivity contribution in [3.8, 4) is 0 Å². The minimum absolute atomic E-state index is 0.00641. The molecule has 19 heavy (non-hydrogen) atoms. The minimum atomic E-state index is 0.00641. The van der Waals surface area contributed by atoms with E-state index in [-0.39, 0.29) is 6.10 Å². The van der Waals surface area contributed by atoms with Gasteiger partial charge in [0.05, 0.1) is 6.61 Å². The first-order chi connectivity index (χ1) is 9.40. The fourth-order valence-corrected chi connectivity index (χ4v) is 3.34. The maximum absolute atomic E-state index is 5.95. The molecule has 0 amide bonds. The zero-order chi connectivity index (χ0) is 12.7. The van der Waals surface area contributed by atoms with Gasteiger partial charge in [-0.05, 0) is 32.2 Å². The van der Waals surface area contributed by atoms with E-state index < -0.39 is 0 Å². The third-order valence-electron chi connectivity index (χ3n) is 4.84. The monoisotopic (exact) mass is 263 g/mol. The molecule has 1 aromatic heterocycles. The number of rotatable bonds is 2. The Balaban J connectivity index is 1.45. The smallest absolute Gasteiger partial charge is 0.229 e. The SMILES string of the molecule is C1CC(c2nc([C@H]3CN4CCCCC4CO3)no2)C1. The van der Waals surface area contributed by atoms with Crippen LogP contribution in [0.4, 0.5) is 0 Å². The molecule has 0 aromatic carbocycles. The van der Waals surface area contributed by atoms with Gasteiger partial charge in [0.15, 0.2) is 0 Å². The Labute approximate surface area is 113 Å². The second-order valence-corrected chi connectivity index (χ2v) is 6.09. The van der Waals surface area contributed by atoms with Crippen LogP contribution in [-0.2, 0) is 4.74 Å². The van der Waals surface area contributed by atoms with Crippen molar-refractivity contribution in [1.82, 2.24) is 15.0 Å². The molecule has 3 fully saturated rings. The third kappa shape index (κ3) is 2.19. The number of fused-ring (bicyclic) bond motifs is 1. The molecule has 5 heteroatoms. The van der Waals surface area contributed by atoms with Gasteiger partial charge in [-0.1, -0.05) is 18.0 Å². The van der Waals surface area contributed by atoms with Crippen molar-refractivity contribution in [3.63, 3.8) is 0 Å². The van der Waals surface area contributed by atoms with Gasteiger partial charge >= 0.3 is 0 Å². The molecule has 104 valence electrons. The van der Waals surface area contributed by atoms with E-state index in [2.05, 4.69) is 15.0 Å². The Morgan fingerprint density at radius 2 is 2.05 bits per heavy atom. The maximum Gasteiger partial charge on any atom is 0.229 e. The van der Waals surface area contributed by atoms with Crippen LogP contribution in [0.2, 0.25) is 0 Å². The Bertz CT molecular complexity index is 444. The van der Waals surface area contributed by atoms with Gasteiger partial charge in [0.2, 0.25) is 11.7 Å². The predicted molar refractivity (Wildman–Crippen MR) is 68.8 cm³/mol. The van der Waals surface area contributed by atoms with Crippen molar-refractivity contribution in [1.29, 1.82) is 0 Å². The molecule has 1 saturated carbocycles. The summed E-state index contributed by atoms with van der Waals surface area (Å²) >= 11 is 0. The third-order valence-corrected chi connectivity index (χ3v) is 4.84. The molecule has 0 bridgehead atoms. The van der Waals surface area contributed by atoms with Crippen LogP contribution in [0.15, 0.2) is 4.52 Å². The molecule has 3 heterocycles. The zero-order valence-electron chi connectivity index (χ0n) is 11.3. The number of hydrogen-bond acceptors (Lipinski definition) is 5. The number of morpholine rings is 1. The number of hydrogen-bond donors (Lipinski definition) is 0. The molecule has 2 atom stereocenters. The van der Waals surface area contributed by atoms with Crippen molar-refractivity contribution >= 4 is 0 Å². The number of aromatic nitrogens is 2. The predicted octanol–water partition coefficient (Wildman–Crippen LogP) is 2.26. The van der Waals surface area contributed by atoms with E-state index in [1.165, 1.54) is 45.1 Å². The van der Waals surface area contributed by atoms with E-state index in [0.717, 1.165) is 24.9 Å². The highest BCUT2D eigenvalue weighted by Gasteiger charge is 2.34. The summed E-state index contributed by atoms with van der Waals surface area (Å²) in [6.07, 6.45) is 7.60. The first kappa shape index (κ1) is 11.9. The highest BCUT2D eigenvalue weighted by Crippen LogP contribution is 2.36. The van der Waals surface area contributed by atoms with Gasteiger partial charge in [0, 0.05) is 18.5 Å². The average Bonchev–Trinajstić information content (AvgIpc) is 2.85. The molecule has 0 radical (unpaired) electrons. The first-order valence-corrected chi connectivity index (χ1v) is 7.59. The summed E-state index contributed by atoms with van der Waals surface area (Å²) in [6, 6.07) is 0.614. The summed E-state index contributed by atoms with van der Waals surface area (Å²) in [5.41, 5.74) is 0. The van der Waals surface area contributed by atoms with Gasteiger partial charge in [0.1, 0.15) is 6.10 Å². The largest absolute Gasteiger partial charge is 0.367 e. The van der Waals surface area contributed by atoms with Crippen molar-refractivity contribution in [2.75, 3.05) is 19.7 Å². The summed E-state index contributed by atoms with van der Waals surface area (Å²) < 4.78 is 11.3. The molecule has 3 aliphatic rings. The topological polar surface area (TPSA) is 51.4 Å². The van der Waals surface area contributed by atoms with E-state index >= 15 is 0 Å². The van der Waals surface area contributed by atoms with E-state index in [1.54, 1.807) is 0 Å². The Kier molecular flexibility index (Phi) is 3.04. The minimum Gasteiger partial charge on any atom is -0.367 e. The molecule has 5 nitrogen and oxygen atoms in total. The van der Waals surface area contributed by atoms with E-state index in [9.17, 15) is 0 Å². The molecular formula is C14H21N3O2. The summed E-state index contributed by atoms with van der Waals surface area (Å²) in [6.45, 7) is 2.93. The van der Waals surface area contributed by atoms with Crippen LogP contribution in [0.3, 0.4) is 0 Å². The van der Waals surface area contributed by atoms with Gasteiger partial charge in [-0.25, -0.2) is 0 Å². The van der Waals surface area contributed by atoms with Gasteiger partial charge in [0.25, 0.3) is 0 Å². The Morgan fingerprint density at radius 3 is 2.89 bits per heavy atom.